The van der Waals surface area contributed by atoms with E-state index < -0.39 is 17.7 Å². The van der Waals surface area contributed by atoms with Gasteiger partial charge in [0.25, 0.3) is 5.91 Å². The zero-order chi connectivity index (χ0) is 29.6. The first-order valence-corrected chi connectivity index (χ1v) is 14.7. The smallest absolute Gasteiger partial charge is 0.255 e. The number of hydrogen-bond acceptors (Lipinski definition) is 7. The number of aliphatic hydroxyl groups is 1. The van der Waals surface area contributed by atoms with Crippen LogP contribution in [-0.2, 0) is 4.79 Å². The van der Waals surface area contributed by atoms with Crippen LogP contribution in [0, 0.1) is 35.0 Å². The van der Waals surface area contributed by atoms with E-state index in [0.29, 0.717) is 41.0 Å². The fraction of sp³-hybridized carbons (Fsp3) is 0.516. The molecule has 3 unspecified atom stereocenters. The Labute approximate surface area is 243 Å². The maximum absolute atomic E-state index is 14.3. The van der Waals surface area contributed by atoms with Crippen molar-refractivity contribution in [3.8, 4) is 17.5 Å². The first-order valence-electron chi connectivity index (χ1n) is 14.7. The molecule has 42 heavy (non-hydrogen) atoms. The number of fused-ring (bicyclic) bond motifs is 2. The van der Waals surface area contributed by atoms with Crippen molar-refractivity contribution in [3.05, 3.63) is 47.8 Å². The van der Waals surface area contributed by atoms with Crippen molar-refractivity contribution in [1.82, 2.24) is 25.2 Å². The number of pyridine rings is 1. The maximum atomic E-state index is 14.3. The molecule has 0 bridgehead atoms. The van der Waals surface area contributed by atoms with Gasteiger partial charge in [-0.2, -0.15) is 10.4 Å². The first kappa shape index (κ1) is 28.1. The molecule has 11 heteroatoms. The molecule has 0 radical (unpaired) electrons. The number of alkyl halides is 1. The van der Waals surface area contributed by atoms with E-state index in [0.717, 1.165) is 30.7 Å². The number of nitrogens with zero attached hydrogens (tertiary/aromatic N) is 4. The van der Waals surface area contributed by atoms with E-state index in [4.69, 9.17) is 0 Å². The van der Waals surface area contributed by atoms with Crippen molar-refractivity contribution in [2.45, 2.75) is 63.8 Å². The molecule has 10 nitrogen and oxygen atoms in total. The van der Waals surface area contributed by atoms with E-state index in [1.807, 2.05) is 12.1 Å². The Morgan fingerprint density at radius 3 is 2.67 bits per heavy atom. The topological polar surface area (TPSA) is 144 Å². The SMILES string of the molecule is CC(C)(O)[C@H](F)CNC(=O)c1cnc(-c2ccc3cc(C#N)cnn23)cc1N[C@H]1C[C@H](CNC(=O)C2CC3CCC32)C1. The molecule has 3 heterocycles. The van der Waals surface area contributed by atoms with Crippen molar-refractivity contribution < 1.29 is 19.1 Å². The standard InChI is InChI=1S/C31H36FN7O3/c1-31(2,42)28(32)16-36-30(41)24-15-34-26(27-6-4-21-9-18(12-33)14-37-39(21)27)11-25(24)38-20-7-17(8-20)13-35-29(40)23-10-19-3-5-22(19)23/h4,6,9,11,14-15,17,19-20,22-23,28,42H,3,5,7-8,10,13,16H2,1-2H3,(H,34,38)(H,35,40)(H,36,41)/t17-,19?,20-,22?,23?,28-/m1/s1. The number of hydrogen-bond donors (Lipinski definition) is 4. The number of halogens is 1. The number of anilines is 1. The van der Waals surface area contributed by atoms with Gasteiger partial charge in [0.15, 0.2) is 0 Å². The van der Waals surface area contributed by atoms with Crippen LogP contribution in [0.4, 0.5) is 10.1 Å². The predicted molar refractivity (Wildman–Crippen MR) is 154 cm³/mol. The van der Waals surface area contributed by atoms with Crippen molar-refractivity contribution in [3.63, 3.8) is 0 Å². The molecular weight excluding hydrogens is 537 g/mol. The summed E-state index contributed by atoms with van der Waals surface area (Å²) >= 11 is 0. The molecule has 3 aromatic heterocycles. The minimum Gasteiger partial charge on any atom is -0.387 e. The normalized spacial score (nSPS) is 25.2. The highest BCUT2D eigenvalue weighted by Crippen LogP contribution is 2.54. The average Bonchev–Trinajstić information content (AvgIpc) is 3.36. The molecule has 3 aliphatic rings. The van der Waals surface area contributed by atoms with Crippen LogP contribution in [0.1, 0.15) is 61.9 Å². The summed E-state index contributed by atoms with van der Waals surface area (Å²) in [5.41, 5.74) is 1.68. The van der Waals surface area contributed by atoms with Crippen LogP contribution in [0.2, 0.25) is 0 Å². The summed E-state index contributed by atoms with van der Waals surface area (Å²) < 4.78 is 16.0. The van der Waals surface area contributed by atoms with Crippen molar-refractivity contribution >= 4 is 23.0 Å². The molecule has 3 saturated carbocycles. The molecule has 0 aliphatic heterocycles. The van der Waals surface area contributed by atoms with Gasteiger partial charge in [-0.15, -0.1) is 0 Å². The van der Waals surface area contributed by atoms with Gasteiger partial charge in [0.1, 0.15) is 12.2 Å². The van der Waals surface area contributed by atoms with Crippen LogP contribution < -0.4 is 16.0 Å². The summed E-state index contributed by atoms with van der Waals surface area (Å²) in [7, 11) is 0. The number of nitriles is 1. The molecular formula is C31H36FN7O3. The average molecular weight is 574 g/mol. The monoisotopic (exact) mass is 573 g/mol. The second-order valence-corrected chi connectivity index (χ2v) is 12.6. The minimum absolute atomic E-state index is 0.0964. The number of carbonyl (C=O) groups is 2. The Balaban J connectivity index is 1.15. The Morgan fingerprint density at radius 2 is 2.00 bits per heavy atom. The van der Waals surface area contributed by atoms with Crippen LogP contribution >= 0.6 is 0 Å². The molecule has 4 atom stereocenters. The van der Waals surface area contributed by atoms with Gasteiger partial charge in [0.2, 0.25) is 5.91 Å². The van der Waals surface area contributed by atoms with E-state index >= 15 is 0 Å². The number of amides is 2. The van der Waals surface area contributed by atoms with E-state index in [-0.39, 0.29) is 30.0 Å². The van der Waals surface area contributed by atoms with Crippen LogP contribution in [0.3, 0.4) is 0 Å². The third-order valence-electron chi connectivity index (χ3n) is 9.30. The molecule has 0 saturated heterocycles. The lowest BCUT2D eigenvalue weighted by molar-refractivity contribution is -0.140. The second-order valence-electron chi connectivity index (χ2n) is 12.6. The molecule has 3 aromatic rings. The van der Waals surface area contributed by atoms with Crippen molar-refractivity contribution in [1.29, 1.82) is 5.26 Å². The second kappa shape index (κ2) is 11.0. The van der Waals surface area contributed by atoms with Gasteiger partial charge in [0.05, 0.1) is 52.1 Å². The molecule has 3 fully saturated rings. The molecule has 6 rings (SSSR count). The van der Waals surface area contributed by atoms with Crippen LogP contribution in [-0.4, -0.2) is 62.4 Å². The Hall–Kier alpha value is -4.04. The zero-order valence-corrected chi connectivity index (χ0v) is 23.8. The highest BCUT2D eigenvalue weighted by Gasteiger charge is 2.50. The molecule has 0 spiro atoms. The zero-order valence-electron chi connectivity index (χ0n) is 23.8. The van der Waals surface area contributed by atoms with Crippen LogP contribution in [0.5, 0.6) is 0 Å². The van der Waals surface area contributed by atoms with E-state index in [9.17, 15) is 24.3 Å². The van der Waals surface area contributed by atoms with Gasteiger partial charge >= 0.3 is 0 Å². The Kier molecular flexibility index (Phi) is 7.35. The van der Waals surface area contributed by atoms with E-state index in [1.54, 1.807) is 16.6 Å². The Morgan fingerprint density at radius 1 is 1.19 bits per heavy atom. The van der Waals surface area contributed by atoms with Crippen molar-refractivity contribution in [2.75, 3.05) is 18.4 Å². The predicted octanol–water partition coefficient (Wildman–Crippen LogP) is 3.46. The third-order valence-corrected chi connectivity index (χ3v) is 9.30. The van der Waals surface area contributed by atoms with Gasteiger partial charge in [-0.1, -0.05) is 0 Å². The summed E-state index contributed by atoms with van der Waals surface area (Å²) in [5.74, 6) is 1.62. The lowest BCUT2D eigenvalue weighted by Crippen LogP contribution is -2.52. The largest absolute Gasteiger partial charge is 0.387 e. The summed E-state index contributed by atoms with van der Waals surface area (Å²) in [5, 5.41) is 32.7. The number of aromatic nitrogens is 3. The summed E-state index contributed by atoms with van der Waals surface area (Å²) in [4.78, 5) is 30.2. The summed E-state index contributed by atoms with van der Waals surface area (Å²) in [6.07, 6.45) is 6.47. The highest BCUT2D eigenvalue weighted by molar-refractivity contribution is 6.00. The quantitative estimate of drug-likeness (QED) is 0.291. The number of carbonyl (C=O) groups excluding carboxylic acids is 2. The molecule has 3 aliphatic carbocycles. The highest BCUT2D eigenvalue weighted by atomic mass is 19.1. The van der Waals surface area contributed by atoms with E-state index in [2.05, 4.69) is 32.1 Å². The number of nitrogens with one attached hydrogen (secondary N) is 3. The molecule has 4 N–H and O–H groups in total. The maximum Gasteiger partial charge on any atom is 0.255 e. The van der Waals surface area contributed by atoms with Gasteiger partial charge in [0, 0.05) is 24.7 Å². The van der Waals surface area contributed by atoms with E-state index in [1.165, 1.54) is 39.1 Å². The fourth-order valence-corrected chi connectivity index (χ4v) is 6.32. The lowest BCUT2D eigenvalue weighted by Gasteiger charge is -2.52. The van der Waals surface area contributed by atoms with Gasteiger partial charge < -0.3 is 21.1 Å². The first-order chi connectivity index (χ1) is 20.1. The van der Waals surface area contributed by atoms with Gasteiger partial charge in [-0.3, -0.25) is 14.6 Å². The minimum atomic E-state index is -1.64. The van der Waals surface area contributed by atoms with Crippen molar-refractivity contribution in [2.24, 2.45) is 23.7 Å². The molecule has 220 valence electrons. The molecule has 0 aromatic carbocycles. The van der Waals surface area contributed by atoms with Crippen LogP contribution in [0.15, 0.2) is 36.7 Å². The Bertz CT molecular complexity index is 1550. The van der Waals surface area contributed by atoms with Gasteiger partial charge in [-0.05, 0) is 88.0 Å². The van der Waals surface area contributed by atoms with Crippen LogP contribution in [0.25, 0.3) is 16.9 Å². The fourth-order valence-electron chi connectivity index (χ4n) is 6.32. The summed E-state index contributed by atoms with van der Waals surface area (Å²) in [6, 6.07) is 9.39. The molecule has 2 amide bonds. The number of rotatable bonds is 10. The summed E-state index contributed by atoms with van der Waals surface area (Å²) in [6.45, 7) is 3.02. The third kappa shape index (κ3) is 5.43. The van der Waals surface area contributed by atoms with Gasteiger partial charge in [-0.25, -0.2) is 8.91 Å². The lowest BCUT2D eigenvalue weighted by atomic mass is 9.53.